The lowest BCUT2D eigenvalue weighted by atomic mass is 10.0. The van der Waals surface area contributed by atoms with Gasteiger partial charge in [0.25, 0.3) is 0 Å². The molecule has 0 aliphatic heterocycles. The van der Waals surface area contributed by atoms with Gasteiger partial charge < -0.3 is 10.2 Å². The van der Waals surface area contributed by atoms with Crippen molar-refractivity contribution < 1.29 is 15.0 Å². The predicted octanol–water partition coefficient (Wildman–Crippen LogP) is 2.00. The molecule has 0 fully saturated rings. The number of hydrogen-bond donors (Lipinski definition) is 2. The Bertz CT molecular complexity index is 403. The van der Waals surface area contributed by atoms with Crippen molar-refractivity contribution >= 4 is 23.0 Å². The molecule has 1 aromatic rings. The van der Waals surface area contributed by atoms with Gasteiger partial charge in [-0.2, -0.15) is 0 Å². The van der Waals surface area contributed by atoms with Crippen molar-refractivity contribution in [3.05, 3.63) is 42.0 Å². The summed E-state index contributed by atoms with van der Waals surface area (Å²) in [5.41, 5.74) is 1.51. The number of rotatable bonds is 5. The molecule has 0 radical (unpaired) electrons. The highest BCUT2D eigenvalue weighted by Gasteiger charge is 2.19. The summed E-state index contributed by atoms with van der Waals surface area (Å²) < 4.78 is 0. The molecule has 2 unspecified atom stereocenters. The van der Waals surface area contributed by atoms with E-state index in [4.69, 9.17) is 0 Å². The Morgan fingerprint density at radius 1 is 1.53 bits per heavy atom. The molecule has 0 aliphatic carbocycles. The quantitative estimate of drug-likeness (QED) is 0.841. The summed E-state index contributed by atoms with van der Waals surface area (Å²) >= 11 is 1.00. The second kappa shape index (κ2) is 6.59. The van der Waals surface area contributed by atoms with E-state index in [0.717, 1.165) is 17.3 Å². The van der Waals surface area contributed by atoms with Gasteiger partial charge in [-0.25, -0.2) is 0 Å². The van der Waals surface area contributed by atoms with E-state index in [0.29, 0.717) is 5.56 Å². The van der Waals surface area contributed by atoms with E-state index in [-0.39, 0.29) is 10.9 Å². The number of carbonyl (C=O) groups is 1. The summed E-state index contributed by atoms with van der Waals surface area (Å²) in [6.45, 7) is 5.08. The molecular weight excluding hydrogens is 236 g/mol. The van der Waals surface area contributed by atoms with Crippen molar-refractivity contribution in [2.24, 2.45) is 0 Å². The van der Waals surface area contributed by atoms with Crippen LogP contribution in [-0.2, 0) is 4.79 Å². The molecule has 1 rings (SSSR count). The number of aliphatic hydroxyl groups excluding tert-OH is 2. The van der Waals surface area contributed by atoms with Crippen LogP contribution in [0.4, 0.5) is 0 Å². The van der Waals surface area contributed by atoms with Gasteiger partial charge in [0.1, 0.15) is 6.10 Å². The van der Waals surface area contributed by atoms with Crippen molar-refractivity contribution in [2.75, 3.05) is 5.75 Å². The summed E-state index contributed by atoms with van der Waals surface area (Å²) in [6.07, 6.45) is -0.266. The molecule has 1 aromatic carbocycles. The van der Waals surface area contributed by atoms with E-state index in [1.165, 1.54) is 6.92 Å². The maximum atomic E-state index is 10.8. The Labute approximate surface area is 105 Å². The van der Waals surface area contributed by atoms with Gasteiger partial charge in [0.2, 0.25) is 0 Å². The number of hydrogen-bond acceptors (Lipinski definition) is 4. The average Bonchev–Trinajstić information content (AvgIpc) is 2.35. The van der Waals surface area contributed by atoms with E-state index in [1.807, 2.05) is 6.07 Å². The van der Waals surface area contributed by atoms with Crippen LogP contribution in [0.5, 0.6) is 0 Å². The number of benzene rings is 1. The summed E-state index contributed by atoms with van der Waals surface area (Å²) in [7, 11) is 0. The molecule has 4 heteroatoms. The second-order valence-electron chi connectivity index (χ2n) is 3.69. The van der Waals surface area contributed by atoms with E-state index < -0.39 is 12.2 Å². The zero-order valence-corrected chi connectivity index (χ0v) is 10.5. The van der Waals surface area contributed by atoms with Gasteiger partial charge in [0.05, 0.1) is 6.10 Å². The van der Waals surface area contributed by atoms with Crippen molar-refractivity contribution in [2.45, 2.75) is 19.1 Å². The molecular formula is C13H16O3S. The molecule has 3 nitrogen and oxygen atoms in total. The fourth-order valence-corrected chi connectivity index (χ4v) is 1.97. The number of carbonyl (C=O) groups excluding carboxylic acids is 1. The van der Waals surface area contributed by atoms with Gasteiger partial charge >= 0.3 is 0 Å². The first-order valence-corrected chi connectivity index (χ1v) is 6.25. The summed E-state index contributed by atoms with van der Waals surface area (Å²) in [4.78, 5) is 10.8. The van der Waals surface area contributed by atoms with Crippen molar-refractivity contribution in [1.29, 1.82) is 0 Å². The van der Waals surface area contributed by atoms with Gasteiger partial charge in [0.15, 0.2) is 5.12 Å². The van der Waals surface area contributed by atoms with Gasteiger partial charge in [0, 0.05) is 12.7 Å². The molecule has 0 heterocycles. The number of thioether (sulfide) groups is 1. The molecule has 0 spiro atoms. The third-order valence-electron chi connectivity index (χ3n) is 2.31. The Morgan fingerprint density at radius 2 is 2.24 bits per heavy atom. The fraction of sp³-hybridized carbons (Fsp3) is 0.308. The SMILES string of the molecule is C=Cc1cccc(C(O)C(O)CSC(C)=O)c1. The van der Waals surface area contributed by atoms with Gasteiger partial charge in [-0.1, -0.05) is 42.6 Å². The van der Waals surface area contributed by atoms with Crippen LogP contribution in [-0.4, -0.2) is 27.2 Å². The van der Waals surface area contributed by atoms with Crippen LogP contribution in [0.2, 0.25) is 0 Å². The summed E-state index contributed by atoms with van der Waals surface area (Å²) in [5.74, 6) is 0.189. The molecule has 0 aromatic heterocycles. The van der Waals surface area contributed by atoms with Crippen molar-refractivity contribution in [1.82, 2.24) is 0 Å². The average molecular weight is 252 g/mol. The van der Waals surface area contributed by atoms with E-state index in [1.54, 1.807) is 24.3 Å². The van der Waals surface area contributed by atoms with Gasteiger partial charge in [-0.3, -0.25) is 4.79 Å². The van der Waals surface area contributed by atoms with Crippen LogP contribution < -0.4 is 0 Å². The minimum absolute atomic E-state index is 0.0731. The topological polar surface area (TPSA) is 57.5 Å². The molecule has 17 heavy (non-hydrogen) atoms. The zero-order chi connectivity index (χ0) is 12.8. The lowest BCUT2D eigenvalue weighted by molar-refractivity contribution is -0.109. The maximum Gasteiger partial charge on any atom is 0.185 e. The highest BCUT2D eigenvalue weighted by molar-refractivity contribution is 8.13. The Hall–Kier alpha value is -1.10. The van der Waals surface area contributed by atoms with E-state index in [9.17, 15) is 15.0 Å². The van der Waals surface area contributed by atoms with Gasteiger partial charge in [-0.05, 0) is 17.2 Å². The lowest BCUT2D eigenvalue weighted by Gasteiger charge is -2.17. The standard InChI is InChI=1S/C13H16O3S/c1-3-10-5-4-6-11(7-10)13(16)12(15)8-17-9(2)14/h3-7,12-13,15-16H,1,8H2,2H3. The van der Waals surface area contributed by atoms with Crippen LogP contribution in [0.15, 0.2) is 30.8 Å². The first kappa shape index (κ1) is 14.0. The molecule has 0 amide bonds. The Balaban J connectivity index is 2.70. The van der Waals surface area contributed by atoms with Crippen LogP contribution in [0, 0.1) is 0 Å². The largest absolute Gasteiger partial charge is 0.389 e. The smallest absolute Gasteiger partial charge is 0.185 e. The second-order valence-corrected chi connectivity index (χ2v) is 4.89. The third kappa shape index (κ3) is 4.34. The first-order chi connectivity index (χ1) is 8.04. The van der Waals surface area contributed by atoms with Crippen molar-refractivity contribution in [3.8, 4) is 0 Å². The Kier molecular flexibility index (Phi) is 5.41. The molecule has 0 bridgehead atoms. The molecule has 2 atom stereocenters. The van der Waals surface area contributed by atoms with Crippen molar-refractivity contribution in [3.63, 3.8) is 0 Å². The molecule has 2 N–H and O–H groups in total. The van der Waals surface area contributed by atoms with Crippen LogP contribution >= 0.6 is 11.8 Å². The highest BCUT2D eigenvalue weighted by atomic mass is 32.2. The predicted molar refractivity (Wildman–Crippen MR) is 70.6 cm³/mol. The molecule has 0 saturated heterocycles. The molecule has 0 saturated carbocycles. The summed E-state index contributed by atoms with van der Waals surface area (Å²) in [6, 6.07) is 7.15. The van der Waals surface area contributed by atoms with E-state index in [2.05, 4.69) is 6.58 Å². The summed E-state index contributed by atoms with van der Waals surface area (Å²) in [5, 5.41) is 19.6. The first-order valence-electron chi connectivity index (χ1n) is 5.26. The van der Waals surface area contributed by atoms with Gasteiger partial charge in [-0.15, -0.1) is 0 Å². The molecule has 92 valence electrons. The van der Waals surface area contributed by atoms with Crippen LogP contribution in [0.1, 0.15) is 24.2 Å². The number of aliphatic hydroxyl groups is 2. The minimum Gasteiger partial charge on any atom is -0.389 e. The third-order valence-corrected chi connectivity index (χ3v) is 3.22. The Morgan fingerprint density at radius 3 is 2.82 bits per heavy atom. The normalized spacial score (nSPS) is 14.1. The van der Waals surface area contributed by atoms with Crippen LogP contribution in [0.3, 0.4) is 0 Å². The van der Waals surface area contributed by atoms with Crippen LogP contribution in [0.25, 0.3) is 6.08 Å². The molecule has 0 aliphatic rings. The fourth-order valence-electron chi connectivity index (χ4n) is 1.39. The minimum atomic E-state index is -0.984. The lowest BCUT2D eigenvalue weighted by Crippen LogP contribution is -2.21. The maximum absolute atomic E-state index is 10.8. The zero-order valence-electron chi connectivity index (χ0n) is 9.67. The highest BCUT2D eigenvalue weighted by Crippen LogP contribution is 2.21. The monoisotopic (exact) mass is 252 g/mol. The van der Waals surface area contributed by atoms with E-state index >= 15 is 0 Å².